The third-order valence-corrected chi connectivity index (χ3v) is 4.75. The highest BCUT2D eigenvalue weighted by Gasteiger charge is 2.12. The summed E-state index contributed by atoms with van der Waals surface area (Å²) in [5, 5.41) is 11.2. The van der Waals surface area contributed by atoms with Crippen LogP contribution in [0.2, 0.25) is 0 Å². The van der Waals surface area contributed by atoms with Crippen molar-refractivity contribution in [3.63, 3.8) is 0 Å². The van der Waals surface area contributed by atoms with Gasteiger partial charge in [-0.3, -0.25) is 4.79 Å². The molecule has 0 aliphatic rings. The van der Waals surface area contributed by atoms with Crippen LogP contribution in [0.5, 0.6) is 11.5 Å². The van der Waals surface area contributed by atoms with Gasteiger partial charge in [0.1, 0.15) is 0 Å². The summed E-state index contributed by atoms with van der Waals surface area (Å²) in [6, 6.07) is 13.3. The minimum atomic E-state index is -0.130. The number of nitrogens with zero attached hydrogens (tertiary/aromatic N) is 2. The van der Waals surface area contributed by atoms with Gasteiger partial charge in [0.2, 0.25) is 11.8 Å². The summed E-state index contributed by atoms with van der Waals surface area (Å²) in [5.74, 6) is 1.77. The Balaban J connectivity index is 1.51. The second kappa shape index (κ2) is 9.27. The van der Waals surface area contributed by atoms with Gasteiger partial charge in [0.15, 0.2) is 11.5 Å². The standard InChI is InChI=1S/C20H21N3O4S/c1-13-5-4-6-15(9-13)19-22-23-20(27-19)28-12-18(24)21-11-14-7-8-16(25-2)17(10-14)26-3/h4-10H,11-12H2,1-3H3,(H,21,24). The molecule has 0 spiro atoms. The summed E-state index contributed by atoms with van der Waals surface area (Å²) in [6.45, 7) is 2.39. The van der Waals surface area contributed by atoms with Crippen LogP contribution in [0.4, 0.5) is 0 Å². The number of hydrogen-bond donors (Lipinski definition) is 1. The van der Waals surface area contributed by atoms with E-state index in [2.05, 4.69) is 15.5 Å². The number of benzene rings is 2. The summed E-state index contributed by atoms with van der Waals surface area (Å²) in [7, 11) is 3.16. The highest BCUT2D eigenvalue weighted by Crippen LogP contribution is 2.27. The molecule has 146 valence electrons. The SMILES string of the molecule is COc1ccc(CNC(=O)CSc2nnc(-c3cccc(C)c3)o2)cc1OC. The zero-order valence-corrected chi connectivity index (χ0v) is 16.7. The van der Waals surface area contributed by atoms with Crippen LogP contribution in [0, 0.1) is 6.92 Å². The number of carbonyl (C=O) groups excluding carboxylic acids is 1. The van der Waals surface area contributed by atoms with Crippen molar-refractivity contribution in [1.82, 2.24) is 15.5 Å². The minimum Gasteiger partial charge on any atom is -0.493 e. The van der Waals surface area contributed by atoms with E-state index in [0.29, 0.717) is 29.2 Å². The number of rotatable bonds is 8. The molecular weight excluding hydrogens is 378 g/mol. The lowest BCUT2D eigenvalue weighted by atomic mass is 10.1. The lowest BCUT2D eigenvalue weighted by Crippen LogP contribution is -2.24. The Hall–Kier alpha value is -3.00. The number of methoxy groups -OCH3 is 2. The zero-order chi connectivity index (χ0) is 19.9. The first-order valence-electron chi connectivity index (χ1n) is 8.60. The topological polar surface area (TPSA) is 86.5 Å². The fourth-order valence-electron chi connectivity index (χ4n) is 2.53. The van der Waals surface area contributed by atoms with Gasteiger partial charge in [-0.2, -0.15) is 0 Å². The van der Waals surface area contributed by atoms with Gasteiger partial charge in [0.25, 0.3) is 5.22 Å². The van der Waals surface area contributed by atoms with Crippen molar-refractivity contribution in [3.05, 3.63) is 53.6 Å². The number of carbonyl (C=O) groups is 1. The Morgan fingerprint density at radius 2 is 1.93 bits per heavy atom. The molecule has 0 fully saturated rings. The zero-order valence-electron chi connectivity index (χ0n) is 15.9. The van der Waals surface area contributed by atoms with Gasteiger partial charge in [-0.05, 0) is 36.8 Å². The molecule has 3 rings (SSSR count). The van der Waals surface area contributed by atoms with Crippen molar-refractivity contribution in [2.24, 2.45) is 0 Å². The molecule has 0 unspecified atom stereocenters. The van der Waals surface area contributed by atoms with Crippen LogP contribution in [-0.4, -0.2) is 36.1 Å². The molecule has 0 radical (unpaired) electrons. The van der Waals surface area contributed by atoms with Gasteiger partial charge < -0.3 is 19.2 Å². The van der Waals surface area contributed by atoms with Crippen molar-refractivity contribution >= 4 is 17.7 Å². The fourth-order valence-corrected chi connectivity index (χ4v) is 3.13. The van der Waals surface area contributed by atoms with Crippen LogP contribution in [0.3, 0.4) is 0 Å². The summed E-state index contributed by atoms with van der Waals surface area (Å²) in [6.07, 6.45) is 0. The number of hydrogen-bond acceptors (Lipinski definition) is 7. The van der Waals surface area contributed by atoms with Crippen LogP contribution in [0.15, 0.2) is 52.1 Å². The Morgan fingerprint density at radius 3 is 2.68 bits per heavy atom. The molecule has 3 aromatic rings. The molecule has 1 N–H and O–H groups in total. The van der Waals surface area contributed by atoms with E-state index in [1.165, 1.54) is 11.8 Å². The first-order chi connectivity index (χ1) is 13.6. The first-order valence-corrected chi connectivity index (χ1v) is 9.58. The van der Waals surface area contributed by atoms with Crippen molar-refractivity contribution in [2.45, 2.75) is 18.7 Å². The second-order valence-electron chi connectivity index (χ2n) is 6.00. The van der Waals surface area contributed by atoms with Crippen molar-refractivity contribution < 1.29 is 18.7 Å². The Kier molecular flexibility index (Phi) is 6.54. The van der Waals surface area contributed by atoms with E-state index in [1.54, 1.807) is 20.3 Å². The number of amides is 1. The average Bonchev–Trinajstić information content (AvgIpc) is 3.19. The first kappa shape index (κ1) is 19.8. The van der Waals surface area contributed by atoms with E-state index in [9.17, 15) is 4.79 Å². The maximum atomic E-state index is 12.1. The quantitative estimate of drug-likeness (QED) is 0.580. The molecule has 1 aromatic heterocycles. The molecule has 28 heavy (non-hydrogen) atoms. The van der Waals surface area contributed by atoms with Crippen LogP contribution >= 0.6 is 11.8 Å². The normalized spacial score (nSPS) is 10.5. The molecule has 2 aromatic carbocycles. The molecule has 7 nitrogen and oxygen atoms in total. The molecule has 0 saturated carbocycles. The van der Waals surface area contributed by atoms with Gasteiger partial charge >= 0.3 is 0 Å². The molecule has 1 amide bonds. The number of thioether (sulfide) groups is 1. The van der Waals surface area contributed by atoms with Crippen molar-refractivity contribution in [2.75, 3.05) is 20.0 Å². The average molecular weight is 399 g/mol. The largest absolute Gasteiger partial charge is 0.493 e. The molecule has 0 aliphatic carbocycles. The summed E-state index contributed by atoms with van der Waals surface area (Å²) in [5.41, 5.74) is 2.88. The van der Waals surface area contributed by atoms with Gasteiger partial charge in [0, 0.05) is 12.1 Å². The van der Waals surface area contributed by atoms with Crippen LogP contribution in [0.25, 0.3) is 11.5 Å². The highest BCUT2D eigenvalue weighted by molar-refractivity contribution is 7.99. The Bertz CT molecular complexity index is 958. The van der Waals surface area contributed by atoms with Gasteiger partial charge in [0.05, 0.1) is 20.0 Å². The molecular formula is C20H21N3O4S. The Morgan fingerprint density at radius 1 is 1.11 bits per heavy atom. The van der Waals surface area contributed by atoms with Crippen LogP contribution < -0.4 is 14.8 Å². The summed E-state index contributed by atoms with van der Waals surface area (Å²) >= 11 is 1.20. The predicted octanol–water partition coefficient (Wildman–Crippen LogP) is 3.47. The van der Waals surface area contributed by atoms with E-state index in [0.717, 1.165) is 16.7 Å². The van der Waals surface area contributed by atoms with Gasteiger partial charge in [-0.1, -0.05) is 35.5 Å². The van der Waals surface area contributed by atoms with Crippen molar-refractivity contribution in [3.8, 4) is 23.0 Å². The molecule has 8 heteroatoms. The van der Waals surface area contributed by atoms with E-state index in [-0.39, 0.29) is 11.7 Å². The summed E-state index contributed by atoms with van der Waals surface area (Å²) < 4.78 is 16.1. The smallest absolute Gasteiger partial charge is 0.277 e. The summed E-state index contributed by atoms with van der Waals surface area (Å²) in [4.78, 5) is 12.1. The minimum absolute atomic E-state index is 0.130. The molecule has 0 aliphatic heterocycles. The maximum Gasteiger partial charge on any atom is 0.277 e. The van der Waals surface area contributed by atoms with Gasteiger partial charge in [-0.15, -0.1) is 10.2 Å². The third kappa shape index (κ3) is 5.04. The molecule has 0 bridgehead atoms. The highest BCUT2D eigenvalue weighted by atomic mass is 32.2. The monoisotopic (exact) mass is 399 g/mol. The maximum absolute atomic E-state index is 12.1. The fraction of sp³-hybridized carbons (Fsp3) is 0.250. The molecule has 1 heterocycles. The van der Waals surface area contributed by atoms with E-state index < -0.39 is 0 Å². The molecule has 0 saturated heterocycles. The Labute approximate surface area is 167 Å². The van der Waals surface area contributed by atoms with Gasteiger partial charge in [-0.25, -0.2) is 0 Å². The van der Waals surface area contributed by atoms with Crippen LogP contribution in [0.1, 0.15) is 11.1 Å². The van der Waals surface area contributed by atoms with Crippen LogP contribution in [-0.2, 0) is 11.3 Å². The number of ether oxygens (including phenoxy) is 2. The predicted molar refractivity (Wildman–Crippen MR) is 107 cm³/mol. The molecule has 0 atom stereocenters. The van der Waals surface area contributed by atoms with E-state index in [1.807, 2.05) is 43.3 Å². The number of nitrogens with one attached hydrogen (secondary N) is 1. The number of aromatic nitrogens is 2. The van der Waals surface area contributed by atoms with E-state index >= 15 is 0 Å². The lowest BCUT2D eigenvalue weighted by Gasteiger charge is -2.10. The van der Waals surface area contributed by atoms with E-state index in [4.69, 9.17) is 13.9 Å². The second-order valence-corrected chi connectivity index (χ2v) is 6.92. The lowest BCUT2D eigenvalue weighted by molar-refractivity contribution is -0.118. The third-order valence-electron chi connectivity index (χ3n) is 3.94. The number of aryl methyl sites for hydroxylation is 1. The van der Waals surface area contributed by atoms with Crippen molar-refractivity contribution in [1.29, 1.82) is 0 Å².